The first kappa shape index (κ1) is 20.9. The van der Waals surface area contributed by atoms with Gasteiger partial charge >= 0.3 is 5.97 Å². The van der Waals surface area contributed by atoms with Gasteiger partial charge in [0.2, 0.25) is 5.78 Å². The van der Waals surface area contributed by atoms with Crippen molar-refractivity contribution in [2.45, 2.75) is 33.8 Å². The van der Waals surface area contributed by atoms with Crippen LogP contribution in [0.25, 0.3) is 6.08 Å². The highest BCUT2D eigenvalue weighted by molar-refractivity contribution is 6.04. The lowest BCUT2D eigenvalue weighted by atomic mass is 9.96. The number of hydrogen-bond donors (Lipinski definition) is 0. The predicted octanol–water partition coefficient (Wildman–Crippen LogP) is 4.34. The quantitative estimate of drug-likeness (QED) is 0.324. The second-order valence-electron chi connectivity index (χ2n) is 6.61. The molecule has 0 fully saturated rings. The predicted molar refractivity (Wildman–Crippen MR) is 107 cm³/mol. The van der Waals surface area contributed by atoms with Gasteiger partial charge in [0.15, 0.2) is 6.10 Å². The van der Waals surface area contributed by atoms with Crippen LogP contribution in [-0.2, 0) is 9.53 Å². The number of methoxy groups -OCH3 is 1. The lowest BCUT2D eigenvalue weighted by molar-refractivity contribution is -0.141. The van der Waals surface area contributed by atoms with Crippen molar-refractivity contribution in [2.24, 2.45) is 0 Å². The van der Waals surface area contributed by atoms with E-state index in [1.165, 1.54) is 13.0 Å². The zero-order chi connectivity index (χ0) is 20.8. The van der Waals surface area contributed by atoms with Crippen molar-refractivity contribution < 1.29 is 19.1 Å². The third-order valence-electron chi connectivity index (χ3n) is 4.53. The molecule has 0 aliphatic rings. The van der Waals surface area contributed by atoms with E-state index in [-0.39, 0.29) is 11.4 Å². The number of rotatable bonds is 6. The summed E-state index contributed by atoms with van der Waals surface area (Å²) in [6.07, 6.45) is 0.418. The maximum absolute atomic E-state index is 12.7. The number of hydrogen-bond acceptors (Lipinski definition) is 5. The molecular weight excluding hydrogens is 354 g/mol. The third-order valence-corrected chi connectivity index (χ3v) is 4.53. The van der Waals surface area contributed by atoms with Gasteiger partial charge in [0.1, 0.15) is 17.4 Å². The van der Waals surface area contributed by atoms with Crippen molar-refractivity contribution >= 4 is 17.8 Å². The third kappa shape index (κ3) is 4.86. The van der Waals surface area contributed by atoms with Gasteiger partial charge < -0.3 is 9.47 Å². The summed E-state index contributed by atoms with van der Waals surface area (Å²) >= 11 is 0. The molecule has 144 valence electrons. The number of carbonyl (C=O) groups excluding carboxylic acids is 2. The number of nitrogens with zero attached hydrogens (tertiary/aromatic N) is 1. The molecule has 0 spiro atoms. The number of carbonyl (C=O) groups is 2. The molecule has 1 atom stereocenters. The van der Waals surface area contributed by atoms with Crippen LogP contribution in [0.2, 0.25) is 0 Å². The summed E-state index contributed by atoms with van der Waals surface area (Å²) < 4.78 is 10.3. The van der Waals surface area contributed by atoms with Crippen LogP contribution < -0.4 is 4.74 Å². The van der Waals surface area contributed by atoms with Crippen molar-refractivity contribution in [3.8, 4) is 11.8 Å². The van der Waals surface area contributed by atoms with Gasteiger partial charge in [0, 0.05) is 5.56 Å². The number of esters is 1. The number of aryl methyl sites for hydroxylation is 3. The summed E-state index contributed by atoms with van der Waals surface area (Å²) in [5.41, 5.74) is 3.89. The Kier molecular flexibility index (Phi) is 6.73. The van der Waals surface area contributed by atoms with Crippen LogP contribution in [-0.4, -0.2) is 25.0 Å². The Balaban J connectivity index is 2.17. The molecule has 0 amide bonds. The molecule has 0 aliphatic heterocycles. The molecule has 0 unspecified atom stereocenters. The molecule has 0 aliphatic carbocycles. The summed E-state index contributed by atoms with van der Waals surface area (Å²) in [6, 6.07) is 12.5. The van der Waals surface area contributed by atoms with E-state index in [1.54, 1.807) is 37.4 Å². The van der Waals surface area contributed by atoms with Crippen molar-refractivity contribution in [1.82, 2.24) is 0 Å². The standard InChI is InChI=1S/C23H23NO4/c1-14-10-16(3)21(11-15(14)2)22(25)17(4)28-23(26)19(13-24)12-18-6-8-20(27-5)9-7-18/h6-12,17H,1-5H3/b19-12+/t17-/m0/s1. The maximum Gasteiger partial charge on any atom is 0.349 e. The zero-order valence-corrected chi connectivity index (χ0v) is 16.7. The van der Waals surface area contributed by atoms with Crippen LogP contribution in [0, 0.1) is 32.1 Å². The van der Waals surface area contributed by atoms with Gasteiger partial charge in [0.05, 0.1) is 7.11 Å². The van der Waals surface area contributed by atoms with Gasteiger partial charge in [-0.3, -0.25) is 4.79 Å². The Bertz CT molecular complexity index is 965. The minimum absolute atomic E-state index is 0.179. The highest BCUT2D eigenvalue weighted by Crippen LogP contribution is 2.19. The second kappa shape index (κ2) is 9.01. The molecule has 5 nitrogen and oxygen atoms in total. The van der Waals surface area contributed by atoms with Crippen molar-refractivity contribution in [2.75, 3.05) is 7.11 Å². The highest BCUT2D eigenvalue weighted by Gasteiger charge is 2.23. The van der Waals surface area contributed by atoms with Gasteiger partial charge in [-0.2, -0.15) is 5.26 Å². The van der Waals surface area contributed by atoms with E-state index < -0.39 is 12.1 Å². The fraction of sp³-hybridized carbons (Fsp3) is 0.261. The monoisotopic (exact) mass is 377 g/mol. The smallest absolute Gasteiger partial charge is 0.349 e. The van der Waals surface area contributed by atoms with Crippen LogP contribution in [0.15, 0.2) is 42.0 Å². The van der Waals surface area contributed by atoms with E-state index in [2.05, 4.69) is 0 Å². The molecule has 0 heterocycles. The van der Waals surface area contributed by atoms with E-state index in [4.69, 9.17) is 9.47 Å². The van der Waals surface area contributed by atoms with E-state index >= 15 is 0 Å². The number of ketones is 1. The minimum atomic E-state index is -0.999. The summed E-state index contributed by atoms with van der Waals surface area (Å²) in [6.45, 7) is 7.26. The van der Waals surface area contributed by atoms with Crippen molar-refractivity contribution in [3.63, 3.8) is 0 Å². The van der Waals surface area contributed by atoms with Crippen LogP contribution in [0.1, 0.15) is 39.5 Å². The first-order chi connectivity index (χ1) is 13.3. The largest absolute Gasteiger partial charge is 0.497 e. The normalized spacial score (nSPS) is 12.1. The Morgan fingerprint density at radius 1 is 1.04 bits per heavy atom. The lowest BCUT2D eigenvalue weighted by Crippen LogP contribution is -2.25. The average Bonchev–Trinajstić information content (AvgIpc) is 2.68. The number of benzene rings is 2. The number of Topliss-reactive ketones (excluding diaryl/α,β-unsaturated/α-hetero) is 1. The van der Waals surface area contributed by atoms with Crippen molar-refractivity contribution in [3.05, 3.63) is 69.8 Å². The first-order valence-corrected chi connectivity index (χ1v) is 8.85. The molecule has 0 bridgehead atoms. The first-order valence-electron chi connectivity index (χ1n) is 8.85. The molecule has 5 heteroatoms. The summed E-state index contributed by atoms with van der Waals surface area (Å²) in [4.78, 5) is 25.1. The van der Waals surface area contributed by atoms with E-state index in [9.17, 15) is 14.9 Å². The summed E-state index contributed by atoms with van der Waals surface area (Å²) in [7, 11) is 1.55. The highest BCUT2D eigenvalue weighted by atomic mass is 16.5. The van der Waals surface area contributed by atoms with Gasteiger partial charge in [-0.25, -0.2) is 4.79 Å². The Morgan fingerprint density at radius 3 is 2.21 bits per heavy atom. The molecule has 2 aromatic rings. The summed E-state index contributed by atoms with van der Waals surface area (Å²) in [5, 5.41) is 9.31. The van der Waals surface area contributed by atoms with E-state index in [0.717, 1.165) is 16.7 Å². The van der Waals surface area contributed by atoms with Crippen LogP contribution in [0.4, 0.5) is 0 Å². The molecule has 2 aromatic carbocycles. The SMILES string of the molecule is COc1ccc(/C=C(\C#N)C(=O)O[C@@H](C)C(=O)c2cc(C)c(C)cc2C)cc1. The topological polar surface area (TPSA) is 76.4 Å². The van der Waals surface area contributed by atoms with Crippen LogP contribution in [0.3, 0.4) is 0 Å². The molecule has 0 saturated heterocycles. The molecule has 28 heavy (non-hydrogen) atoms. The van der Waals surface area contributed by atoms with Crippen molar-refractivity contribution in [1.29, 1.82) is 5.26 Å². The van der Waals surface area contributed by atoms with Gasteiger partial charge in [-0.1, -0.05) is 18.2 Å². The average molecular weight is 377 g/mol. The minimum Gasteiger partial charge on any atom is -0.497 e. The zero-order valence-electron chi connectivity index (χ0n) is 16.7. The summed E-state index contributed by atoms with van der Waals surface area (Å²) in [5.74, 6) is -0.461. The lowest BCUT2D eigenvalue weighted by Gasteiger charge is -2.15. The number of ether oxygens (including phenoxy) is 2. The maximum atomic E-state index is 12.7. The van der Waals surface area contributed by atoms with Gasteiger partial charge in [0.25, 0.3) is 0 Å². The van der Waals surface area contributed by atoms with Gasteiger partial charge in [-0.05, 0) is 74.2 Å². The molecule has 2 rings (SSSR count). The van der Waals surface area contributed by atoms with Crippen LogP contribution >= 0.6 is 0 Å². The Morgan fingerprint density at radius 2 is 1.64 bits per heavy atom. The molecule has 0 aromatic heterocycles. The van der Waals surface area contributed by atoms with E-state index in [0.29, 0.717) is 16.9 Å². The van der Waals surface area contributed by atoms with E-state index in [1.807, 2.05) is 32.9 Å². The fourth-order valence-corrected chi connectivity index (χ4v) is 2.73. The molecule has 0 radical (unpaired) electrons. The molecule has 0 saturated carbocycles. The Hall–Kier alpha value is -3.39. The Labute approximate surface area is 165 Å². The molecule has 0 N–H and O–H groups in total. The second-order valence-corrected chi connectivity index (χ2v) is 6.61. The molecular formula is C23H23NO4. The fourth-order valence-electron chi connectivity index (χ4n) is 2.73. The van der Waals surface area contributed by atoms with Gasteiger partial charge in [-0.15, -0.1) is 0 Å². The van der Waals surface area contributed by atoms with Crippen LogP contribution in [0.5, 0.6) is 5.75 Å². The number of nitriles is 1.